The van der Waals surface area contributed by atoms with Crippen LogP contribution in [0.25, 0.3) is 0 Å². The first-order chi connectivity index (χ1) is 8.03. The van der Waals surface area contributed by atoms with Gasteiger partial charge in [-0.1, -0.05) is 6.07 Å². The first kappa shape index (κ1) is 18.0. The minimum atomic E-state index is -0.611. The van der Waals surface area contributed by atoms with Crippen LogP contribution < -0.4 is 16.0 Å². The second-order valence-electron chi connectivity index (χ2n) is 4.72. The summed E-state index contributed by atoms with van der Waals surface area (Å²) in [6.07, 6.45) is 3.31. The molecule has 1 aromatic heterocycles. The fraction of sp³-hybridized carbons (Fsp3) is 0.500. The van der Waals surface area contributed by atoms with Crippen LogP contribution in [0.15, 0.2) is 18.3 Å². The van der Waals surface area contributed by atoms with E-state index in [1.54, 1.807) is 6.20 Å². The van der Waals surface area contributed by atoms with Gasteiger partial charge in [0.2, 0.25) is 5.91 Å². The average molecular weight is 307 g/mol. The molecule has 1 fully saturated rings. The minimum absolute atomic E-state index is 0. The monoisotopic (exact) mass is 306 g/mol. The maximum absolute atomic E-state index is 11.7. The van der Waals surface area contributed by atoms with Crippen molar-refractivity contribution in [1.82, 2.24) is 10.3 Å². The van der Waals surface area contributed by atoms with E-state index in [0.29, 0.717) is 6.54 Å². The van der Waals surface area contributed by atoms with Gasteiger partial charge in [-0.2, -0.15) is 0 Å². The highest BCUT2D eigenvalue weighted by Crippen LogP contribution is 2.32. The molecule has 1 heterocycles. The van der Waals surface area contributed by atoms with Crippen molar-refractivity contribution in [3.05, 3.63) is 23.9 Å². The molecule has 0 aromatic carbocycles. The normalized spacial score (nSPS) is 14.7. The Bertz CT molecular complexity index is 435. The number of nitrogens with zero attached hydrogens (tertiary/aromatic N) is 2. The number of pyridine rings is 1. The number of anilines is 1. The molecule has 1 saturated carbocycles. The molecular formula is C12H20Cl2N4O. The van der Waals surface area contributed by atoms with Crippen molar-refractivity contribution in [3.8, 4) is 0 Å². The predicted molar refractivity (Wildman–Crippen MR) is 81.1 cm³/mol. The number of carbonyl (C=O) groups excluding carboxylic acids is 1. The molecule has 19 heavy (non-hydrogen) atoms. The van der Waals surface area contributed by atoms with Gasteiger partial charge in [0.1, 0.15) is 5.82 Å². The van der Waals surface area contributed by atoms with Crippen LogP contribution in [0.3, 0.4) is 0 Å². The van der Waals surface area contributed by atoms with Gasteiger partial charge in [0, 0.05) is 32.4 Å². The van der Waals surface area contributed by atoms with Crippen molar-refractivity contribution in [2.24, 2.45) is 5.73 Å². The Labute approximate surface area is 125 Å². The minimum Gasteiger partial charge on any atom is -0.362 e. The molecule has 2 rings (SSSR count). The van der Waals surface area contributed by atoms with Crippen LogP contribution in [-0.4, -0.2) is 30.5 Å². The third-order valence-corrected chi connectivity index (χ3v) is 2.97. The smallest absolute Gasteiger partial charge is 0.240 e. The van der Waals surface area contributed by atoms with Gasteiger partial charge in [0.25, 0.3) is 0 Å². The molecule has 1 amide bonds. The van der Waals surface area contributed by atoms with Crippen LogP contribution in [0.5, 0.6) is 0 Å². The van der Waals surface area contributed by atoms with Gasteiger partial charge in [-0.15, -0.1) is 24.8 Å². The van der Waals surface area contributed by atoms with Crippen molar-refractivity contribution in [2.75, 3.05) is 19.0 Å². The SMILES string of the molecule is CN(C)c1ncccc1CNC(=O)C1(N)CC1.Cl.Cl. The van der Waals surface area contributed by atoms with Crippen molar-refractivity contribution in [2.45, 2.75) is 24.9 Å². The fourth-order valence-electron chi connectivity index (χ4n) is 1.68. The number of carbonyl (C=O) groups is 1. The lowest BCUT2D eigenvalue weighted by molar-refractivity contribution is -0.123. The summed E-state index contributed by atoms with van der Waals surface area (Å²) in [6, 6.07) is 3.82. The molecule has 0 unspecified atom stereocenters. The second-order valence-corrected chi connectivity index (χ2v) is 4.72. The van der Waals surface area contributed by atoms with E-state index < -0.39 is 5.54 Å². The largest absolute Gasteiger partial charge is 0.362 e. The van der Waals surface area contributed by atoms with E-state index in [9.17, 15) is 4.79 Å². The Balaban J connectivity index is 0.00000162. The number of amides is 1. The summed E-state index contributed by atoms with van der Waals surface area (Å²) in [5.41, 5.74) is 6.20. The van der Waals surface area contributed by atoms with E-state index in [4.69, 9.17) is 5.73 Å². The van der Waals surface area contributed by atoms with Crippen LogP contribution in [0.2, 0.25) is 0 Å². The van der Waals surface area contributed by atoms with Crippen molar-refractivity contribution < 1.29 is 4.79 Å². The molecule has 1 aliphatic carbocycles. The zero-order chi connectivity index (χ0) is 12.5. The van der Waals surface area contributed by atoms with Gasteiger partial charge < -0.3 is 16.0 Å². The number of halogens is 2. The number of nitrogens with two attached hydrogens (primary N) is 1. The van der Waals surface area contributed by atoms with E-state index in [1.165, 1.54) is 0 Å². The van der Waals surface area contributed by atoms with Crippen molar-refractivity contribution in [3.63, 3.8) is 0 Å². The van der Waals surface area contributed by atoms with Crippen LogP contribution in [-0.2, 0) is 11.3 Å². The lowest BCUT2D eigenvalue weighted by Crippen LogP contribution is -2.42. The quantitative estimate of drug-likeness (QED) is 0.874. The zero-order valence-corrected chi connectivity index (χ0v) is 12.7. The predicted octanol–water partition coefficient (Wildman–Crippen LogP) is 1.10. The number of hydrogen-bond acceptors (Lipinski definition) is 4. The van der Waals surface area contributed by atoms with Crippen LogP contribution in [0.4, 0.5) is 5.82 Å². The summed E-state index contributed by atoms with van der Waals surface area (Å²) in [5.74, 6) is 0.806. The molecule has 0 atom stereocenters. The highest BCUT2D eigenvalue weighted by Gasteiger charge is 2.45. The summed E-state index contributed by atoms with van der Waals surface area (Å²) < 4.78 is 0. The Hall–Kier alpha value is -1.04. The highest BCUT2D eigenvalue weighted by molar-refractivity contribution is 5.89. The molecule has 1 aromatic rings. The molecule has 108 valence electrons. The standard InChI is InChI=1S/C12H18N4O.2ClH/c1-16(2)10-9(4-3-7-14-10)8-15-11(17)12(13)5-6-12;;/h3-4,7H,5-6,8,13H2,1-2H3,(H,15,17);2*1H. The number of hydrogen-bond donors (Lipinski definition) is 2. The van der Waals surface area contributed by atoms with Gasteiger partial charge in [0.15, 0.2) is 0 Å². The van der Waals surface area contributed by atoms with Crippen molar-refractivity contribution >= 4 is 36.5 Å². The molecule has 0 saturated heterocycles. The molecule has 1 aliphatic rings. The number of rotatable bonds is 4. The first-order valence-electron chi connectivity index (χ1n) is 5.71. The van der Waals surface area contributed by atoms with Crippen molar-refractivity contribution in [1.29, 1.82) is 0 Å². The Morgan fingerprint density at radius 1 is 1.47 bits per heavy atom. The molecule has 0 bridgehead atoms. The molecule has 3 N–H and O–H groups in total. The third kappa shape index (κ3) is 4.23. The van der Waals surface area contributed by atoms with E-state index in [2.05, 4.69) is 10.3 Å². The zero-order valence-electron chi connectivity index (χ0n) is 11.0. The van der Waals surface area contributed by atoms with E-state index in [-0.39, 0.29) is 30.7 Å². The highest BCUT2D eigenvalue weighted by atomic mass is 35.5. The van der Waals surface area contributed by atoms with E-state index in [1.807, 2.05) is 31.1 Å². The molecule has 5 nitrogen and oxygen atoms in total. The molecule has 0 spiro atoms. The van der Waals surface area contributed by atoms with Gasteiger partial charge in [0.05, 0.1) is 5.54 Å². The van der Waals surface area contributed by atoms with Gasteiger partial charge in [-0.3, -0.25) is 4.79 Å². The fourth-order valence-corrected chi connectivity index (χ4v) is 1.68. The molecule has 7 heteroatoms. The van der Waals surface area contributed by atoms with Gasteiger partial charge in [-0.25, -0.2) is 4.98 Å². The van der Waals surface area contributed by atoms with Gasteiger partial charge >= 0.3 is 0 Å². The lowest BCUT2D eigenvalue weighted by Gasteiger charge is -2.17. The lowest BCUT2D eigenvalue weighted by atomic mass is 10.2. The number of nitrogens with one attached hydrogen (secondary N) is 1. The average Bonchev–Trinajstić information content (AvgIpc) is 3.06. The molecule has 0 radical (unpaired) electrons. The van der Waals surface area contributed by atoms with E-state index in [0.717, 1.165) is 24.2 Å². The summed E-state index contributed by atoms with van der Waals surface area (Å²) in [4.78, 5) is 17.9. The Morgan fingerprint density at radius 3 is 2.63 bits per heavy atom. The van der Waals surface area contributed by atoms with Gasteiger partial charge in [-0.05, 0) is 18.9 Å². The van der Waals surface area contributed by atoms with Crippen LogP contribution in [0.1, 0.15) is 18.4 Å². The first-order valence-corrected chi connectivity index (χ1v) is 5.71. The third-order valence-electron chi connectivity index (χ3n) is 2.97. The van der Waals surface area contributed by atoms with E-state index >= 15 is 0 Å². The topological polar surface area (TPSA) is 71.2 Å². The summed E-state index contributed by atoms with van der Waals surface area (Å²) >= 11 is 0. The molecule has 0 aliphatic heterocycles. The maximum atomic E-state index is 11.7. The van der Waals surface area contributed by atoms with Crippen LogP contribution >= 0.6 is 24.8 Å². The maximum Gasteiger partial charge on any atom is 0.240 e. The summed E-state index contributed by atoms with van der Waals surface area (Å²) in [7, 11) is 3.86. The Kier molecular flexibility index (Phi) is 6.55. The summed E-state index contributed by atoms with van der Waals surface area (Å²) in [6.45, 7) is 0.471. The number of aromatic nitrogens is 1. The second kappa shape index (κ2) is 6.93. The Morgan fingerprint density at radius 2 is 2.11 bits per heavy atom. The van der Waals surface area contributed by atoms with Crippen LogP contribution in [0, 0.1) is 0 Å². The molecular weight excluding hydrogens is 287 g/mol. The summed E-state index contributed by atoms with van der Waals surface area (Å²) in [5, 5.41) is 2.87.